The molecule has 2 rings (SSSR count). The van der Waals surface area contributed by atoms with Crippen LogP contribution in [0.4, 0.5) is 0 Å². The molecule has 2 heterocycles. The van der Waals surface area contributed by atoms with Crippen LogP contribution in [-0.4, -0.2) is 33.8 Å². The molecule has 0 bridgehead atoms. The van der Waals surface area contributed by atoms with E-state index < -0.39 is 10.1 Å². The molecule has 0 amide bonds. The molecule has 0 aliphatic rings. The fraction of sp³-hybridized carbons (Fsp3) is 0.333. The Hall–Kier alpha value is -1.93. The first-order chi connectivity index (χ1) is 9.54. The summed E-state index contributed by atoms with van der Waals surface area (Å²) < 4.78 is 31.4. The van der Waals surface area contributed by atoms with Crippen molar-refractivity contribution in [3.8, 4) is 11.4 Å². The average Bonchev–Trinajstić information content (AvgIpc) is 2.44. The van der Waals surface area contributed by atoms with Gasteiger partial charge in [0.25, 0.3) is 10.1 Å². The summed E-state index contributed by atoms with van der Waals surface area (Å²) in [6, 6.07) is 3.60. The minimum atomic E-state index is -3.87. The maximum Gasteiger partial charge on any atom is 0.264 e. The largest absolute Gasteiger partial charge is 0.286 e. The van der Waals surface area contributed by atoms with Crippen LogP contribution < -0.4 is 4.68 Å². The molecule has 0 aliphatic heterocycles. The number of aryl methyl sites for hydroxylation is 1. The molecule has 0 atom stereocenters. The Bertz CT molecular complexity index is 644. The first-order valence-electron chi connectivity index (χ1n) is 6.13. The van der Waals surface area contributed by atoms with Crippen LogP contribution >= 0.6 is 0 Å². The lowest BCUT2D eigenvalue weighted by Gasteiger charge is -1.98. The standard InChI is InChI=1S/C12H14N4O3S/c17-20(18,19)9-2-1-7-16-8-4-11(10-15-16)12-13-5-3-6-14-12/h3-6,8,10H,1-2,7,9H2/p+1. The van der Waals surface area contributed by atoms with Gasteiger partial charge in [0.2, 0.25) is 0 Å². The number of nitrogens with zero attached hydrogens (tertiary/aromatic N) is 4. The van der Waals surface area contributed by atoms with E-state index >= 15 is 0 Å². The maximum atomic E-state index is 10.6. The highest BCUT2D eigenvalue weighted by Gasteiger charge is 2.08. The Morgan fingerprint density at radius 2 is 1.95 bits per heavy atom. The molecule has 0 aliphatic carbocycles. The zero-order chi connectivity index (χ0) is 14.4. The van der Waals surface area contributed by atoms with Crippen molar-refractivity contribution >= 4 is 10.1 Å². The highest BCUT2D eigenvalue weighted by molar-refractivity contribution is 7.85. The molecule has 106 valence electrons. The normalized spacial score (nSPS) is 11.4. The zero-order valence-corrected chi connectivity index (χ0v) is 11.6. The second-order valence-corrected chi connectivity index (χ2v) is 5.82. The van der Waals surface area contributed by atoms with E-state index in [4.69, 9.17) is 4.55 Å². The van der Waals surface area contributed by atoms with Crippen molar-refractivity contribution in [2.45, 2.75) is 19.4 Å². The lowest BCUT2D eigenvalue weighted by molar-refractivity contribution is -0.754. The average molecular weight is 295 g/mol. The Morgan fingerprint density at radius 3 is 2.55 bits per heavy atom. The van der Waals surface area contributed by atoms with Crippen LogP contribution in [0.25, 0.3) is 11.4 Å². The van der Waals surface area contributed by atoms with Crippen molar-refractivity contribution < 1.29 is 17.7 Å². The lowest BCUT2D eigenvalue weighted by Crippen LogP contribution is -2.37. The van der Waals surface area contributed by atoms with E-state index in [0.29, 0.717) is 25.2 Å². The lowest BCUT2D eigenvalue weighted by atomic mass is 10.3. The molecule has 0 radical (unpaired) electrons. The third kappa shape index (κ3) is 4.63. The molecule has 0 saturated heterocycles. The molecule has 0 spiro atoms. The van der Waals surface area contributed by atoms with Gasteiger partial charge in [-0.05, 0) is 17.6 Å². The molecule has 0 saturated carbocycles. The molecule has 2 aromatic rings. The van der Waals surface area contributed by atoms with E-state index in [0.717, 1.165) is 5.56 Å². The zero-order valence-electron chi connectivity index (χ0n) is 10.8. The minimum absolute atomic E-state index is 0.219. The molecular formula is C12H15N4O3S+. The SMILES string of the molecule is O=S(=O)(O)CCCC[n+]1ccc(-c2ncccn2)cn1. The van der Waals surface area contributed by atoms with Gasteiger partial charge in [0, 0.05) is 30.4 Å². The van der Waals surface area contributed by atoms with E-state index in [1.807, 2.05) is 6.07 Å². The van der Waals surface area contributed by atoms with Gasteiger partial charge in [0.05, 0.1) is 5.75 Å². The van der Waals surface area contributed by atoms with E-state index in [2.05, 4.69) is 15.1 Å². The van der Waals surface area contributed by atoms with Gasteiger partial charge in [-0.3, -0.25) is 4.55 Å². The van der Waals surface area contributed by atoms with Gasteiger partial charge in [-0.15, -0.1) is 0 Å². The number of aromatic nitrogens is 4. The van der Waals surface area contributed by atoms with Crippen molar-refractivity contribution in [2.75, 3.05) is 5.75 Å². The molecule has 2 aromatic heterocycles. The van der Waals surface area contributed by atoms with Crippen LogP contribution in [0, 0.1) is 0 Å². The maximum absolute atomic E-state index is 10.6. The van der Waals surface area contributed by atoms with Crippen molar-refractivity contribution in [3.05, 3.63) is 36.9 Å². The molecule has 20 heavy (non-hydrogen) atoms. The molecule has 8 heteroatoms. The summed E-state index contributed by atoms with van der Waals surface area (Å²) in [5.74, 6) is 0.391. The first-order valence-corrected chi connectivity index (χ1v) is 7.74. The van der Waals surface area contributed by atoms with Gasteiger partial charge in [-0.25, -0.2) is 9.97 Å². The van der Waals surface area contributed by atoms with Crippen molar-refractivity contribution in [1.82, 2.24) is 15.1 Å². The molecule has 0 unspecified atom stereocenters. The summed E-state index contributed by atoms with van der Waals surface area (Å²) in [5.41, 5.74) is 0.819. The van der Waals surface area contributed by atoms with Crippen molar-refractivity contribution in [3.63, 3.8) is 0 Å². The van der Waals surface area contributed by atoms with Gasteiger partial charge in [0.15, 0.2) is 18.6 Å². The highest BCUT2D eigenvalue weighted by atomic mass is 32.2. The van der Waals surface area contributed by atoms with Crippen LogP contribution in [0.3, 0.4) is 0 Å². The van der Waals surface area contributed by atoms with E-state index in [9.17, 15) is 8.42 Å². The third-order valence-corrected chi connectivity index (χ3v) is 3.44. The quantitative estimate of drug-likeness (QED) is 0.473. The number of hydrogen-bond donors (Lipinski definition) is 1. The Morgan fingerprint density at radius 1 is 1.20 bits per heavy atom. The van der Waals surface area contributed by atoms with E-state index in [-0.39, 0.29) is 5.75 Å². The summed E-state index contributed by atoms with van der Waals surface area (Å²) in [6.45, 7) is 0.589. The first kappa shape index (κ1) is 14.5. The Balaban J connectivity index is 1.89. The Kier molecular flexibility index (Phi) is 4.70. The minimum Gasteiger partial charge on any atom is -0.286 e. The second-order valence-electron chi connectivity index (χ2n) is 4.24. The van der Waals surface area contributed by atoms with Crippen LogP contribution in [-0.2, 0) is 16.7 Å². The summed E-state index contributed by atoms with van der Waals surface area (Å²) in [6.07, 6.45) is 7.81. The van der Waals surface area contributed by atoms with Gasteiger partial charge in [-0.2, -0.15) is 8.42 Å². The fourth-order valence-electron chi connectivity index (χ4n) is 1.66. The van der Waals surface area contributed by atoms with Gasteiger partial charge < -0.3 is 0 Å². The van der Waals surface area contributed by atoms with Crippen molar-refractivity contribution in [2.24, 2.45) is 0 Å². The summed E-state index contributed by atoms with van der Waals surface area (Å²) >= 11 is 0. The number of hydrogen-bond acceptors (Lipinski definition) is 5. The number of unbranched alkanes of at least 4 members (excludes halogenated alkanes) is 1. The fourth-order valence-corrected chi connectivity index (χ4v) is 2.22. The number of rotatable bonds is 6. The van der Waals surface area contributed by atoms with E-state index in [1.54, 1.807) is 35.5 Å². The van der Waals surface area contributed by atoms with Crippen LogP contribution in [0.5, 0.6) is 0 Å². The van der Waals surface area contributed by atoms with Crippen LogP contribution in [0.2, 0.25) is 0 Å². The van der Waals surface area contributed by atoms with Gasteiger partial charge in [0.1, 0.15) is 6.20 Å². The molecule has 0 fully saturated rings. The second kappa shape index (κ2) is 6.49. The summed E-state index contributed by atoms with van der Waals surface area (Å²) in [4.78, 5) is 8.25. The Labute approximate surface area is 117 Å². The molecule has 7 nitrogen and oxygen atoms in total. The van der Waals surface area contributed by atoms with E-state index in [1.165, 1.54) is 0 Å². The molecular weight excluding hydrogens is 280 g/mol. The molecule has 0 aromatic carbocycles. The highest BCUT2D eigenvalue weighted by Crippen LogP contribution is 2.09. The van der Waals surface area contributed by atoms with Crippen molar-refractivity contribution in [1.29, 1.82) is 0 Å². The van der Waals surface area contributed by atoms with Crippen LogP contribution in [0.15, 0.2) is 36.9 Å². The van der Waals surface area contributed by atoms with Gasteiger partial charge >= 0.3 is 0 Å². The summed E-state index contributed by atoms with van der Waals surface area (Å²) in [7, 11) is -3.87. The summed E-state index contributed by atoms with van der Waals surface area (Å²) in [5, 5.41) is 4.21. The topological polar surface area (TPSA) is 96.9 Å². The third-order valence-electron chi connectivity index (χ3n) is 2.63. The smallest absolute Gasteiger partial charge is 0.264 e. The monoisotopic (exact) mass is 295 g/mol. The predicted octanol–water partition coefficient (Wildman–Crippen LogP) is 0.494. The van der Waals surface area contributed by atoms with Gasteiger partial charge in [-0.1, -0.05) is 4.68 Å². The predicted molar refractivity (Wildman–Crippen MR) is 71.1 cm³/mol. The van der Waals surface area contributed by atoms with Crippen LogP contribution in [0.1, 0.15) is 12.8 Å². The molecule has 1 N–H and O–H groups in total.